The monoisotopic (exact) mass is 308 g/mol. The summed E-state index contributed by atoms with van der Waals surface area (Å²) in [6, 6.07) is 0. The van der Waals surface area contributed by atoms with Gasteiger partial charge in [-0.25, -0.2) is 0 Å². The van der Waals surface area contributed by atoms with Crippen molar-refractivity contribution in [2.45, 2.75) is 46.2 Å². The molecule has 0 aliphatic carbocycles. The van der Waals surface area contributed by atoms with Gasteiger partial charge in [0.05, 0.1) is 6.61 Å². The molecule has 3 nitrogen and oxygen atoms in total. The van der Waals surface area contributed by atoms with E-state index in [1.807, 2.05) is 6.92 Å². The summed E-state index contributed by atoms with van der Waals surface area (Å²) in [4.78, 5) is 0. The minimum atomic E-state index is -1.78. The van der Waals surface area contributed by atoms with Gasteiger partial charge in [0.25, 0.3) is 5.95 Å². The lowest BCUT2D eigenvalue weighted by Crippen LogP contribution is -2.28. The molecule has 6 heteroatoms. The predicted molar refractivity (Wildman–Crippen MR) is 82.5 cm³/mol. The van der Waals surface area contributed by atoms with Gasteiger partial charge in [0.1, 0.15) is 5.76 Å². The van der Waals surface area contributed by atoms with Gasteiger partial charge in [-0.1, -0.05) is 18.2 Å². The second-order valence-corrected chi connectivity index (χ2v) is 15.1. The highest BCUT2D eigenvalue weighted by Crippen LogP contribution is 2.26. The van der Waals surface area contributed by atoms with E-state index in [1.54, 1.807) is 0 Å². The van der Waals surface area contributed by atoms with Crippen LogP contribution in [-0.4, -0.2) is 23.2 Å². The summed E-state index contributed by atoms with van der Waals surface area (Å²) in [6.45, 7) is 18.7. The molecule has 106 valence electrons. The molecule has 0 atom stereocenters. The topological polar surface area (TPSA) is 27.7 Å². The van der Waals surface area contributed by atoms with Crippen molar-refractivity contribution in [3.05, 3.63) is 23.3 Å². The Morgan fingerprint density at radius 2 is 1.44 bits per heavy atom. The van der Waals surface area contributed by atoms with Crippen molar-refractivity contribution in [3.8, 4) is 0 Å². The fraction of sp³-hybridized carbons (Fsp3) is 0.667. The number of halogens is 1. The molecule has 0 radical (unpaired) electrons. The van der Waals surface area contributed by atoms with Crippen molar-refractivity contribution < 1.29 is 13.6 Å². The molecule has 0 aromatic heterocycles. The largest absolute Gasteiger partial charge is 0.544 e. The van der Waals surface area contributed by atoms with Crippen molar-refractivity contribution in [3.63, 3.8) is 0 Å². The van der Waals surface area contributed by atoms with Crippen LogP contribution in [0.2, 0.25) is 39.3 Å². The van der Waals surface area contributed by atoms with Gasteiger partial charge in [0.15, 0.2) is 5.03 Å². The maximum atomic E-state index is 6.24. The average molecular weight is 309 g/mol. The van der Waals surface area contributed by atoms with Crippen molar-refractivity contribution in [2.75, 3.05) is 6.61 Å². The van der Waals surface area contributed by atoms with Crippen molar-refractivity contribution in [2.24, 2.45) is 0 Å². The first-order valence-electron chi connectivity index (χ1n) is 6.06. The van der Waals surface area contributed by atoms with E-state index in [0.29, 0.717) is 23.3 Å². The lowest BCUT2D eigenvalue weighted by atomic mass is 10.5. The summed E-state index contributed by atoms with van der Waals surface area (Å²) >= 11 is 6.24. The van der Waals surface area contributed by atoms with E-state index in [2.05, 4.69) is 45.9 Å². The van der Waals surface area contributed by atoms with Crippen LogP contribution in [0.1, 0.15) is 6.92 Å². The second-order valence-electron chi connectivity index (χ2n) is 5.89. The Kier molecular flexibility index (Phi) is 6.53. The standard InChI is InChI=1S/C12H25ClO3Si2/c1-9-14-12(16-18(6,7)8)11(13)10(2)15-17(3,4)5/h2,9H2,1,3-8H3. The van der Waals surface area contributed by atoms with Crippen LogP contribution in [0.25, 0.3) is 0 Å². The molecule has 0 rings (SSSR count). The highest BCUT2D eigenvalue weighted by Gasteiger charge is 2.25. The van der Waals surface area contributed by atoms with Crippen LogP contribution in [0.15, 0.2) is 23.3 Å². The Labute approximate surface area is 118 Å². The molecule has 0 unspecified atom stereocenters. The molecule has 0 amide bonds. The minimum absolute atomic E-state index is 0.335. The number of hydrogen-bond donors (Lipinski definition) is 0. The first-order valence-corrected chi connectivity index (χ1v) is 13.3. The van der Waals surface area contributed by atoms with Gasteiger partial charge in [0, 0.05) is 0 Å². The molecular formula is C12H25ClO3Si2. The molecule has 0 spiro atoms. The smallest absolute Gasteiger partial charge is 0.288 e. The summed E-state index contributed by atoms with van der Waals surface area (Å²) in [7, 11) is -3.51. The molecule has 0 aliphatic heterocycles. The maximum Gasteiger partial charge on any atom is 0.288 e. The van der Waals surface area contributed by atoms with Crippen LogP contribution in [0.4, 0.5) is 0 Å². The van der Waals surface area contributed by atoms with E-state index < -0.39 is 16.6 Å². The lowest BCUT2D eigenvalue weighted by Gasteiger charge is -2.25. The van der Waals surface area contributed by atoms with Gasteiger partial charge in [-0.3, -0.25) is 0 Å². The Morgan fingerprint density at radius 1 is 1.00 bits per heavy atom. The van der Waals surface area contributed by atoms with E-state index in [-0.39, 0.29) is 0 Å². The molecule has 0 heterocycles. The zero-order valence-corrected chi connectivity index (χ0v) is 15.3. The highest BCUT2D eigenvalue weighted by atomic mass is 35.5. The molecule has 0 saturated carbocycles. The van der Waals surface area contributed by atoms with E-state index in [0.717, 1.165) is 0 Å². The summed E-state index contributed by atoms with van der Waals surface area (Å²) in [5, 5.41) is 0.335. The molecule has 0 fully saturated rings. The molecule has 18 heavy (non-hydrogen) atoms. The molecule has 0 aromatic rings. The van der Waals surface area contributed by atoms with Gasteiger partial charge in [-0.2, -0.15) is 0 Å². The fourth-order valence-electron chi connectivity index (χ4n) is 1.08. The van der Waals surface area contributed by atoms with Crippen LogP contribution < -0.4 is 0 Å². The average Bonchev–Trinajstić information content (AvgIpc) is 2.11. The highest BCUT2D eigenvalue weighted by molar-refractivity contribution is 6.70. The van der Waals surface area contributed by atoms with Crippen LogP contribution in [0.5, 0.6) is 0 Å². The van der Waals surface area contributed by atoms with Crippen LogP contribution in [-0.2, 0) is 13.6 Å². The van der Waals surface area contributed by atoms with Crippen molar-refractivity contribution >= 4 is 28.2 Å². The van der Waals surface area contributed by atoms with Crippen LogP contribution >= 0.6 is 11.6 Å². The minimum Gasteiger partial charge on any atom is -0.544 e. The lowest BCUT2D eigenvalue weighted by molar-refractivity contribution is 0.109. The predicted octanol–water partition coefficient (Wildman–Crippen LogP) is 4.65. The number of hydrogen-bond acceptors (Lipinski definition) is 3. The SMILES string of the molecule is C=C(O[Si](C)(C)C)C(Cl)=C(OCC)O[Si](C)(C)C. The molecule has 0 aromatic carbocycles. The number of allylic oxidation sites excluding steroid dienone is 1. The van der Waals surface area contributed by atoms with Crippen molar-refractivity contribution in [1.82, 2.24) is 0 Å². The third-order valence-electron chi connectivity index (χ3n) is 1.53. The molecule has 0 aliphatic rings. The number of rotatable bonds is 7. The summed E-state index contributed by atoms with van der Waals surface area (Å²) < 4.78 is 17.0. The van der Waals surface area contributed by atoms with Gasteiger partial charge in [-0.05, 0) is 46.2 Å². The molecule has 0 N–H and O–H groups in total. The van der Waals surface area contributed by atoms with E-state index in [1.165, 1.54) is 0 Å². The Bertz CT molecular complexity index is 327. The first-order chi connectivity index (χ1) is 7.96. The quantitative estimate of drug-likeness (QED) is 0.389. The zero-order valence-electron chi connectivity index (χ0n) is 12.5. The Morgan fingerprint density at radius 3 is 1.78 bits per heavy atom. The third-order valence-corrected chi connectivity index (χ3v) is 3.55. The Balaban J connectivity index is 5.03. The van der Waals surface area contributed by atoms with E-state index in [4.69, 9.17) is 25.2 Å². The fourth-order valence-corrected chi connectivity index (χ4v) is 2.89. The van der Waals surface area contributed by atoms with E-state index >= 15 is 0 Å². The zero-order chi connectivity index (χ0) is 14.6. The van der Waals surface area contributed by atoms with Gasteiger partial charge >= 0.3 is 0 Å². The first kappa shape index (κ1) is 17.6. The van der Waals surface area contributed by atoms with Gasteiger partial charge in [0.2, 0.25) is 16.6 Å². The summed E-state index contributed by atoms with van der Waals surface area (Å²) in [5.74, 6) is 0.763. The second kappa shape index (κ2) is 6.68. The molecular weight excluding hydrogens is 284 g/mol. The van der Waals surface area contributed by atoms with E-state index in [9.17, 15) is 0 Å². The third kappa shape index (κ3) is 7.84. The van der Waals surface area contributed by atoms with Crippen LogP contribution in [0.3, 0.4) is 0 Å². The molecule has 0 bridgehead atoms. The van der Waals surface area contributed by atoms with Crippen LogP contribution in [0, 0.1) is 0 Å². The maximum absolute atomic E-state index is 6.24. The summed E-state index contributed by atoms with van der Waals surface area (Å²) in [5.41, 5.74) is 0. The molecule has 0 saturated heterocycles. The van der Waals surface area contributed by atoms with Crippen molar-refractivity contribution in [1.29, 1.82) is 0 Å². The van der Waals surface area contributed by atoms with Gasteiger partial charge in [-0.15, -0.1) is 0 Å². The van der Waals surface area contributed by atoms with Gasteiger partial charge < -0.3 is 13.6 Å². The number of ether oxygens (including phenoxy) is 1. The normalized spacial score (nSPS) is 13.8. The summed E-state index contributed by atoms with van der Waals surface area (Å²) in [6.07, 6.45) is 0. The Hall–Kier alpha value is -0.396.